The number of fused-ring (bicyclic) bond motifs is 4. The first-order chi connectivity index (χ1) is 17.0. The number of aliphatic carboxylic acids is 1. The minimum Gasteiger partial charge on any atom is -0.481 e. The van der Waals surface area contributed by atoms with Crippen molar-refractivity contribution in [3.63, 3.8) is 0 Å². The Balaban J connectivity index is 1.05. The molecule has 0 bridgehead atoms. The number of alkyl carbamates (subject to hydrolysis) is 1. The standard InChI is InChI=1S/C26H23N3O6/c30-24(29-10-18-19(11-29)22(18)25(31)32)23-21(35-13-28-23)9-27-26(33)34-12-20-16-7-3-1-5-14(16)15-6-2-4-8-17(15)20/h1-8,13,18-20,22H,9-12H2,(H,27,33)(H,31,32)/t18-,19+,22?. The first-order valence-corrected chi connectivity index (χ1v) is 11.6. The fraction of sp³-hybridized carbons (Fsp3) is 0.308. The number of rotatable bonds is 6. The van der Waals surface area contributed by atoms with Gasteiger partial charge in [0.1, 0.15) is 6.61 Å². The van der Waals surface area contributed by atoms with Gasteiger partial charge in [0.05, 0.1) is 12.5 Å². The number of ether oxygens (including phenoxy) is 1. The molecule has 0 radical (unpaired) electrons. The van der Waals surface area contributed by atoms with Crippen LogP contribution < -0.4 is 5.32 Å². The largest absolute Gasteiger partial charge is 0.481 e. The number of hydrogen-bond acceptors (Lipinski definition) is 6. The monoisotopic (exact) mass is 473 g/mol. The van der Waals surface area contributed by atoms with Crippen LogP contribution in [0.3, 0.4) is 0 Å². The second kappa shape index (κ2) is 8.26. The second-order valence-corrected chi connectivity index (χ2v) is 9.21. The summed E-state index contributed by atoms with van der Waals surface area (Å²) in [6.07, 6.45) is 0.548. The maximum Gasteiger partial charge on any atom is 0.407 e. The fourth-order valence-electron chi connectivity index (χ4n) is 5.58. The summed E-state index contributed by atoms with van der Waals surface area (Å²) in [5, 5.41) is 11.8. The van der Waals surface area contributed by atoms with Crippen LogP contribution in [0.15, 0.2) is 59.3 Å². The molecule has 1 saturated carbocycles. The van der Waals surface area contributed by atoms with Gasteiger partial charge in [-0.25, -0.2) is 9.78 Å². The maximum atomic E-state index is 12.9. The number of carbonyl (C=O) groups is 3. The van der Waals surface area contributed by atoms with Gasteiger partial charge in [0, 0.05) is 19.0 Å². The molecule has 6 rings (SSSR count). The molecule has 1 saturated heterocycles. The van der Waals surface area contributed by atoms with E-state index < -0.39 is 12.1 Å². The number of likely N-dealkylation sites (tertiary alicyclic amines) is 1. The molecular weight excluding hydrogens is 450 g/mol. The predicted octanol–water partition coefficient (Wildman–Crippen LogP) is 3.12. The number of benzene rings is 2. The van der Waals surface area contributed by atoms with E-state index in [1.807, 2.05) is 24.3 Å². The summed E-state index contributed by atoms with van der Waals surface area (Å²) in [5.41, 5.74) is 4.67. The van der Waals surface area contributed by atoms with Crippen molar-refractivity contribution >= 4 is 18.0 Å². The molecule has 2 aromatic carbocycles. The Morgan fingerprint density at radius 2 is 1.66 bits per heavy atom. The van der Waals surface area contributed by atoms with Crippen LogP contribution in [0.25, 0.3) is 11.1 Å². The van der Waals surface area contributed by atoms with Gasteiger partial charge in [-0.05, 0) is 34.1 Å². The van der Waals surface area contributed by atoms with Crippen molar-refractivity contribution in [1.29, 1.82) is 0 Å². The number of amides is 2. The third-order valence-electron chi connectivity index (χ3n) is 7.35. The first kappa shape index (κ1) is 21.4. The van der Waals surface area contributed by atoms with Crippen LogP contribution in [0, 0.1) is 17.8 Å². The predicted molar refractivity (Wildman–Crippen MR) is 122 cm³/mol. The molecule has 2 amide bonds. The number of nitrogens with one attached hydrogen (secondary N) is 1. The molecule has 9 nitrogen and oxygen atoms in total. The van der Waals surface area contributed by atoms with E-state index in [-0.39, 0.29) is 54.2 Å². The van der Waals surface area contributed by atoms with Gasteiger partial charge in [0.25, 0.3) is 5.91 Å². The molecule has 1 aliphatic heterocycles. The maximum absolute atomic E-state index is 12.9. The number of carboxylic acids is 1. The Hall–Kier alpha value is -4.14. The summed E-state index contributed by atoms with van der Waals surface area (Å²) < 4.78 is 10.9. The van der Waals surface area contributed by atoms with E-state index in [0.717, 1.165) is 22.3 Å². The molecule has 1 aromatic heterocycles. The Bertz CT molecular complexity index is 1280. The highest BCUT2D eigenvalue weighted by Gasteiger charge is 2.60. The Morgan fingerprint density at radius 3 is 2.29 bits per heavy atom. The lowest BCUT2D eigenvalue weighted by Gasteiger charge is -2.18. The van der Waals surface area contributed by atoms with E-state index >= 15 is 0 Å². The van der Waals surface area contributed by atoms with Crippen molar-refractivity contribution in [2.45, 2.75) is 12.5 Å². The zero-order valence-electron chi connectivity index (χ0n) is 18.7. The summed E-state index contributed by atoms with van der Waals surface area (Å²) in [4.78, 5) is 42.1. The molecule has 178 valence electrons. The molecule has 9 heteroatoms. The van der Waals surface area contributed by atoms with Crippen LogP contribution in [0.1, 0.15) is 33.3 Å². The topological polar surface area (TPSA) is 122 Å². The van der Waals surface area contributed by atoms with Gasteiger partial charge in [-0.1, -0.05) is 48.5 Å². The Morgan fingerprint density at radius 1 is 1.03 bits per heavy atom. The van der Waals surface area contributed by atoms with Crippen molar-refractivity contribution < 1.29 is 28.6 Å². The van der Waals surface area contributed by atoms with Crippen LogP contribution in [0.2, 0.25) is 0 Å². The van der Waals surface area contributed by atoms with Crippen molar-refractivity contribution in [2.24, 2.45) is 17.8 Å². The van der Waals surface area contributed by atoms with E-state index in [0.29, 0.717) is 13.1 Å². The zero-order chi connectivity index (χ0) is 24.1. The molecular formula is C26H23N3O6. The fourth-order valence-corrected chi connectivity index (χ4v) is 5.58. The van der Waals surface area contributed by atoms with Crippen molar-refractivity contribution in [1.82, 2.24) is 15.2 Å². The van der Waals surface area contributed by atoms with Crippen LogP contribution in [-0.4, -0.2) is 52.7 Å². The second-order valence-electron chi connectivity index (χ2n) is 9.21. The van der Waals surface area contributed by atoms with Gasteiger partial charge in [-0.3, -0.25) is 9.59 Å². The van der Waals surface area contributed by atoms with Gasteiger partial charge in [-0.15, -0.1) is 0 Å². The molecule has 2 fully saturated rings. The quantitative estimate of drug-likeness (QED) is 0.564. The molecule has 35 heavy (non-hydrogen) atoms. The SMILES string of the molecule is O=C(NCc1ocnc1C(=O)N1C[C@@H]2C(C(=O)O)[C@@H]2C1)OCC1c2ccccc2-c2ccccc21. The number of oxazole rings is 1. The minimum atomic E-state index is -0.804. The third-order valence-corrected chi connectivity index (χ3v) is 7.35. The molecule has 2 aliphatic carbocycles. The highest BCUT2D eigenvalue weighted by Crippen LogP contribution is 2.52. The van der Waals surface area contributed by atoms with E-state index in [9.17, 15) is 14.4 Å². The first-order valence-electron chi connectivity index (χ1n) is 11.6. The van der Waals surface area contributed by atoms with E-state index in [1.165, 1.54) is 6.39 Å². The smallest absolute Gasteiger partial charge is 0.407 e. The average Bonchev–Trinajstić information content (AvgIpc) is 3.22. The van der Waals surface area contributed by atoms with E-state index in [1.54, 1.807) is 4.90 Å². The molecule has 2 heterocycles. The van der Waals surface area contributed by atoms with Crippen LogP contribution >= 0.6 is 0 Å². The minimum absolute atomic E-state index is 0.00533. The lowest BCUT2D eigenvalue weighted by atomic mass is 9.98. The summed E-state index contributed by atoms with van der Waals surface area (Å²) in [5.74, 6) is -1.28. The van der Waals surface area contributed by atoms with Crippen LogP contribution in [0.5, 0.6) is 0 Å². The van der Waals surface area contributed by atoms with Gasteiger partial charge < -0.3 is 24.5 Å². The van der Waals surface area contributed by atoms with E-state index in [4.69, 9.17) is 14.3 Å². The third kappa shape index (κ3) is 3.63. The number of carboxylic acid groups (broad SMARTS) is 1. The summed E-state index contributed by atoms with van der Waals surface area (Å²) in [7, 11) is 0. The molecule has 3 atom stereocenters. The summed E-state index contributed by atoms with van der Waals surface area (Å²) in [6, 6.07) is 16.2. The lowest BCUT2D eigenvalue weighted by Crippen LogP contribution is -2.34. The summed E-state index contributed by atoms with van der Waals surface area (Å²) in [6.45, 7) is 0.929. The van der Waals surface area contributed by atoms with Crippen LogP contribution in [-0.2, 0) is 16.1 Å². The van der Waals surface area contributed by atoms with Gasteiger partial charge >= 0.3 is 12.1 Å². The van der Waals surface area contributed by atoms with E-state index in [2.05, 4.69) is 34.6 Å². The number of carbonyl (C=O) groups excluding carboxylic acids is 2. The zero-order valence-corrected chi connectivity index (χ0v) is 18.7. The Labute approximate surface area is 200 Å². The van der Waals surface area contributed by atoms with Gasteiger partial charge in [0.15, 0.2) is 17.8 Å². The number of hydrogen-bond donors (Lipinski definition) is 2. The molecule has 3 aromatic rings. The molecule has 0 spiro atoms. The average molecular weight is 473 g/mol. The van der Waals surface area contributed by atoms with Gasteiger partial charge in [0.2, 0.25) is 0 Å². The number of nitrogens with zero attached hydrogens (tertiary/aromatic N) is 2. The van der Waals surface area contributed by atoms with Crippen molar-refractivity contribution in [3.8, 4) is 11.1 Å². The molecule has 2 N–H and O–H groups in total. The van der Waals surface area contributed by atoms with Gasteiger partial charge in [-0.2, -0.15) is 0 Å². The molecule has 3 aliphatic rings. The number of aromatic nitrogens is 1. The summed E-state index contributed by atoms with van der Waals surface area (Å²) >= 11 is 0. The molecule has 1 unspecified atom stereocenters. The highest BCUT2D eigenvalue weighted by molar-refractivity contribution is 5.94. The van der Waals surface area contributed by atoms with Crippen LogP contribution in [0.4, 0.5) is 4.79 Å². The number of piperidine rings is 1. The van der Waals surface area contributed by atoms with Crippen molar-refractivity contribution in [2.75, 3.05) is 19.7 Å². The lowest BCUT2D eigenvalue weighted by molar-refractivity contribution is -0.139. The highest BCUT2D eigenvalue weighted by atomic mass is 16.5. The van der Waals surface area contributed by atoms with Crippen molar-refractivity contribution in [3.05, 3.63) is 77.5 Å². The normalized spacial score (nSPS) is 21.7. The Kier molecular flexibility index (Phi) is 5.05.